The summed E-state index contributed by atoms with van der Waals surface area (Å²) in [5, 5.41) is 0. The van der Waals surface area contributed by atoms with Gasteiger partial charge in [0.05, 0.1) is 0 Å². The third kappa shape index (κ3) is 4.84. The molecule has 0 aliphatic heterocycles. The first-order chi connectivity index (χ1) is 8.03. The van der Waals surface area contributed by atoms with Gasteiger partial charge in [-0.1, -0.05) is 57.7 Å². The van der Waals surface area contributed by atoms with Crippen LogP contribution in [0.3, 0.4) is 0 Å². The molecular formula is C12H17F5S. The van der Waals surface area contributed by atoms with E-state index in [9.17, 15) is 19.4 Å². The molecule has 0 saturated carbocycles. The van der Waals surface area contributed by atoms with Crippen LogP contribution in [0.5, 0.6) is 0 Å². The summed E-state index contributed by atoms with van der Waals surface area (Å²) >= 11 is 0. The Bertz CT molecular complexity index is 409. The van der Waals surface area contributed by atoms with Crippen LogP contribution >= 0.6 is 10.2 Å². The number of halogens is 5. The van der Waals surface area contributed by atoms with Crippen LogP contribution in [0, 0.1) is 0 Å². The maximum Gasteiger partial charge on any atom is 0.310 e. The van der Waals surface area contributed by atoms with E-state index in [-0.39, 0.29) is 0 Å². The average Bonchev–Trinajstić information content (AvgIpc) is 2.22. The fourth-order valence-electron chi connectivity index (χ4n) is 1.70. The normalized spacial score (nSPS) is 16.1. The van der Waals surface area contributed by atoms with Gasteiger partial charge in [0.2, 0.25) is 0 Å². The van der Waals surface area contributed by atoms with Crippen LogP contribution in [-0.2, 0) is 6.42 Å². The summed E-state index contributed by atoms with van der Waals surface area (Å²) in [4.78, 5) is -1.79. The summed E-state index contributed by atoms with van der Waals surface area (Å²) < 4.78 is 62.9. The lowest BCUT2D eigenvalue weighted by Crippen LogP contribution is -2.06. The van der Waals surface area contributed by atoms with E-state index in [4.69, 9.17) is 0 Å². The first-order valence-electron chi connectivity index (χ1n) is 5.86. The zero-order valence-electron chi connectivity index (χ0n) is 10.1. The lowest BCUT2D eigenvalue weighted by molar-refractivity contribution is 0.364. The van der Waals surface area contributed by atoms with Crippen LogP contribution < -0.4 is 0 Å². The highest BCUT2D eigenvalue weighted by molar-refractivity contribution is 8.45. The van der Waals surface area contributed by atoms with Crippen molar-refractivity contribution in [2.45, 2.75) is 43.9 Å². The van der Waals surface area contributed by atoms with Gasteiger partial charge in [-0.2, -0.15) is 0 Å². The first kappa shape index (κ1) is 15.3. The molecule has 0 heterocycles. The zero-order valence-corrected chi connectivity index (χ0v) is 11.0. The van der Waals surface area contributed by atoms with Crippen molar-refractivity contribution in [1.82, 2.24) is 0 Å². The van der Waals surface area contributed by atoms with Crippen molar-refractivity contribution in [3.05, 3.63) is 29.8 Å². The second-order valence-electron chi connectivity index (χ2n) is 4.43. The van der Waals surface area contributed by atoms with E-state index in [0.717, 1.165) is 31.7 Å². The molecule has 0 bridgehead atoms. The molecule has 0 saturated heterocycles. The highest BCUT2D eigenvalue weighted by Crippen LogP contribution is 3.02. The van der Waals surface area contributed by atoms with Gasteiger partial charge in [0, 0.05) is 0 Å². The lowest BCUT2D eigenvalue weighted by Gasteiger charge is -2.40. The van der Waals surface area contributed by atoms with Crippen molar-refractivity contribution in [3.63, 3.8) is 0 Å². The monoisotopic (exact) mass is 288 g/mol. The van der Waals surface area contributed by atoms with Gasteiger partial charge in [0.25, 0.3) is 0 Å². The second kappa shape index (κ2) is 4.40. The van der Waals surface area contributed by atoms with Gasteiger partial charge in [0.1, 0.15) is 4.90 Å². The van der Waals surface area contributed by atoms with Gasteiger partial charge in [-0.05, 0) is 30.5 Å². The smallest absolute Gasteiger partial charge is 0.0936 e. The third-order valence-corrected chi connectivity index (χ3v) is 3.81. The second-order valence-corrected chi connectivity index (χ2v) is 6.84. The van der Waals surface area contributed by atoms with E-state index in [2.05, 4.69) is 0 Å². The average molecular weight is 288 g/mol. The number of rotatable bonds is 6. The Labute approximate surface area is 104 Å². The third-order valence-electron chi connectivity index (χ3n) is 2.66. The minimum atomic E-state index is -9.52. The van der Waals surface area contributed by atoms with Crippen molar-refractivity contribution in [3.8, 4) is 0 Å². The SMILES string of the molecule is CCCCCCc1cccc(S(F)(F)(F)(F)F)c1. The molecule has 0 fully saturated rings. The molecule has 0 unspecified atom stereocenters. The minimum Gasteiger partial charge on any atom is -0.0936 e. The zero-order chi connectivity index (χ0) is 13.9. The molecule has 0 aliphatic rings. The number of unbranched alkanes of at least 4 members (excludes halogenated alkanes) is 3. The first-order valence-corrected chi connectivity index (χ1v) is 7.81. The van der Waals surface area contributed by atoms with Crippen molar-refractivity contribution in [2.24, 2.45) is 0 Å². The fraction of sp³-hybridized carbons (Fsp3) is 0.500. The molecule has 1 aromatic carbocycles. The highest BCUT2D eigenvalue weighted by Gasteiger charge is 2.65. The molecule has 106 valence electrons. The summed E-state index contributed by atoms with van der Waals surface area (Å²) in [5.41, 5.74) is 0.317. The largest absolute Gasteiger partial charge is 0.310 e. The Morgan fingerprint density at radius 2 is 1.61 bits per heavy atom. The summed E-state index contributed by atoms with van der Waals surface area (Å²) in [6, 6.07) is 3.52. The van der Waals surface area contributed by atoms with Crippen LogP contribution in [0.1, 0.15) is 38.2 Å². The van der Waals surface area contributed by atoms with Gasteiger partial charge in [-0.15, -0.1) is 0 Å². The standard InChI is InChI=1S/C12H17F5S/c1-2-3-4-5-7-11-8-6-9-12(10-11)18(13,14,15,16)17/h6,8-10H,2-5,7H2,1H3. The summed E-state index contributed by atoms with van der Waals surface area (Å²) in [6.45, 7) is 2.02. The van der Waals surface area contributed by atoms with Gasteiger partial charge < -0.3 is 0 Å². The number of hydrogen-bond acceptors (Lipinski definition) is 0. The predicted octanol–water partition coefficient (Wildman–Crippen LogP) is 6.47. The highest BCUT2D eigenvalue weighted by atomic mass is 32.5. The van der Waals surface area contributed by atoms with Crippen LogP contribution in [-0.4, -0.2) is 0 Å². The molecule has 0 radical (unpaired) electrons. The molecule has 18 heavy (non-hydrogen) atoms. The van der Waals surface area contributed by atoms with Crippen LogP contribution in [0.25, 0.3) is 0 Å². The maximum absolute atomic E-state index is 12.6. The number of hydrogen-bond donors (Lipinski definition) is 0. The molecule has 0 N–H and O–H groups in total. The van der Waals surface area contributed by atoms with E-state index in [1.165, 1.54) is 6.07 Å². The molecule has 6 heteroatoms. The molecule has 0 atom stereocenters. The number of benzene rings is 1. The van der Waals surface area contributed by atoms with Crippen LogP contribution in [0.15, 0.2) is 29.2 Å². The summed E-state index contributed by atoms with van der Waals surface area (Å²) in [6.07, 6.45) is 4.04. The van der Waals surface area contributed by atoms with Gasteiger partial charge in [-0.25, -0.2) is 0 Å². The van der Waals surface area contributed by atoms with Gasteiger partial charge in [0.15, 0.2) is 0 Å². The Hall–Kier alpha value is -0.780. The molecule has 0 aromatic heterocycles. The van der Waals surface area contributed by atoms with Crippen LogP contribution in [0.4, 0.5) is 19.4 Å². The molecular weight excluding hydrogens is 271 g/mol. The van der Waals surface area contributed by atoms with Crippen molar-refractivity contribution >= 4 is 10.2 Å². The predicted molar refractivity (Wildman–Crippen MR) is 65.7 cm³/mol. The van der Waals surface area contributed by atoms with Gasteiger partial charge >= 0.3 is 10.2 Å². The molecule has 0 spiro atoms. The van der Waals surface area contributed by atoms with Crippen molar-refractivity contribution in [2.75, 3.05) is 0 Å². The summed E-state index contributed by atoms with van der Waals surface area (Å²) in [5.74, 6) is 0. The molecule has 0 nitrogen and oxygen atoms in total. The topological polar surface area (TPSA) is 0 Å². The van der Waals surface area contributed by atoms with E-state index in [0.29, 0.717) is 24.1 Å². The quantitative estimate of drug-likeness (QED) is 0.416. The van der Waals surface area contributed by atoms with Crippen LogP contribution in [0.2, 0.25) is 0 Å². The Morgan fingerprint density at radius 1 is 0.944 bits per heavy atom. The Morgan fingerprint density at radius 3 is 2.17 bits per heavy atom. The van der Waals surface area contributed by atoms with Crippen molar-refractivity contribution < 1.29 is 19.4 Å². The summed E-state index contributed by atoms with van der Waals surface area (Å²) in [7, 11) is -9.52. The van der Waals surface area contributed by atoms with E-state index < -0.39 is 15.1 Å². The molecule has 0 aliphatic carbocycles. The fourth-order valence-corrected chi connectivity index (χ4v) is 2.41. The molecule has 1 aromatic rings. The van der Waals surface area contributed by atoms with E-state index in [1.807, 2.05) is 6.92 Å². The van der Waals surface area contributed by atoms with Crippen molar-refractivity contribution in [1.29, 1.82) is 0 Å². The van der Waals surface area contributed by atoms with Gasteiger partial charge in [-0.3, -0.25) is 0 Å². The maximum atomic E-state index is 12.6. The lowest BCUT2D eigenvalue weighted by atomic mass is 10.1. The van der Waals surface area contributed by atoms with E-state index in [1.54, 1.807) is 0 Å². The molecule has 1 rings (SSSR count). The minimum absolute atomic E-state index is 0.317. The number of aryl methyl sites for hydroxylation is 1. The van der Waals surface area contributed by atoms with E-state index >= 15 is 0 Å². The Kier molecular flexibility index (Phi) is 3.74. The Balaban J connectivity index is 2.82. The molecule has 0 amide bonds.